The average Bonchev–Trinajstić information content (AvgIpc) is 2.94. The number of esters is 1. The van der Waals surface area contributed by atoms with Crippen molar-refractivity contribution in [3.63, 3.8) is 0 Å². The van der Waals surface area contributed by atoms with Crippen LogP contribution in [0.1, 0.15) is 12.8 Å². The molecule has 0 aromatic heterocycles. The number of thiol groups is 1. The second-order valence-corrected chi connectivity index (χ2v) is 8.01. The fraction of sp³-hybridized carbons (Fsp3) is 0.900. The zero-order valence-corrected chi connectivity index (χ0v) is 12.9. The van der Waals surface area contributed by atoms with E-state index in [9.17, 15) is 30.4 Å². The van der Waals surface area contributed by atoms with Crippen LogP contribution in [0.4, 0.5) is 8.78 Å². The van der Waals surface area contributed by atoms with Crippen molar-refractivity contribution in [2.75, 3.05) is 7.11 Å². The standard InChI is InChI=1S/C10H14F2O8S2/c1-19-8-5-2-4(3-6(5)21(14)15)7(8)20-9(13)10(11,12)22(16,17)18/h4-8,21H,2-3H2,1H3,(H,16,17,18). The van der Waals surface area contributed by atoms with Crippen LogP contribution in [0.15, 0.2) is 0 Å². The van der Waals surface area contributed by atoms with Gasteiger partial charge in [-0.15, -0.1) is 0 Å². The van der Waals surface area contributed by atoms with Crippen molar-refractivity contribution in [3.8, 4) is 0 Å². The van der Waals surface area contributed by atoms with Gasteiger partial charge in [-0.05, 0) is 12.8 Å². The predicted octanol–water partition coefficient (Wildman–Crippen LogP) is -0.586. The van der Waals surface area contributed by atoms with Gasteiger partial charge < -0.3 is 9.47 Å². The van der Waals surface area contributed by atoms with Gasteiger partial charge >= 0.3 is 21.3 Å². The van der Waals surface area contributed by atoms with Gasteiger partial charge in [0.25, 0.3) is 0 Å². The third-order valence-electron chi connectivity index (χ3n) is 4.17. The van der Waals surface area contributed by atoms with E-state index in [1.165, 1.54) is 7.11 Å². The van der Waals surface area contributed by atoms with Gasteiger partial charge in [0.1, 0.15) is 16.8 Å². The van der Waals surface area contributed by atoms with Gasteiger partial charge in [0.2, 0.25) is 0 Å². The molecule has 5 atom stereocenters. The molecule has 22 heavy (non-hydrogen) atoms. The van der Waals surface area contributed by atoms with Crippen LogP contribution in [0.3, 0.4) is 0 Å². The fourth-order valence-corrected chi connectivity index (χ4v) is 4.54. The van der Waals surface area contributed by atoms with Crippen molar-refractivity contribution >= 4 is 26.8 Å². The maximum atomic E-state index is 13.2. The number of ether oxygens (including phenoxy) is 2. The van der Waals surface area contributed by atoms with Crippen molar-refractivity contribution in [3.05, 3.63) is 0 Å². The van der Waals surface area contributed by atoms with E-state index in [0.717, 1.165) is 0 Å². The number of halogens is 2. The first kappa shape index (κ1) is 17.5. The number of hydrogen-bond donors (Lipinski definition) is 2. The molecular weight excluding hydrogens is 350 g/mol. The van der Waals surface area contributed by atoms with Gasteiger partial charge in [-0.25, -0.2) is 13.2 Å². The summed E-state index contributed by atoms with van der Waals surface area (Å²) < 4.78 is 87.6. The van der Waals surface area contributed by atoms with Crippen molar-refractivity contribution < 1.29 is 44.4 Å². The Morgan fingerprint density at radius 3 is 2.32 bits per heavy atom. The molecule has 0 heterocycles. The quantitative estimate of drug-likeness (QED) is 0.377. The third-order valence-corrected chi connectivity index (χ3v) is 6.12. The van der Waals surface area contributed by atoms with Crippen LogP contribution in [-0.2, 0) is 35.1 Å². The number of hydrogen-bond acceptors (Lipinski definition) is 7. The molecule has 2 bridgehead atoms. The summed E-state index contributed by atoms with van der Waals surface area (Å²) >= 11 is 0. The lowest BCUT2D eigenvalue weighted by atomic mass is 9.94. The van der Waals surface area contributed by atoms with E-state index >= 15 is 0 Å². The Kier molecular flexibility index (Phi) is 4.50. The van der Waals surface area contributed by atoms with Gasteiger partial charge in [0.15, 0.2) is 0 Å². The summed E-state index contributed by atoms with van der Waals surface area (Å²) in [6, 6.07) is 0. The van der Waals surface area contributed by atoms with Crippen LogP contribution in [0, 0.1) is 11.8 Å². The van der Waals surface area contributed by atoms with E-state index < -0.39 is 61.3 Å². The van der Waals surface area contributed by atoms with E-state index in [2.05, 4.69) is 4.74 Å². The van der Waals surface area contributed by atoms with Gasteiger partial charge in [-0.3, -0.25) is 4.55 Å². The monoisotopic (exact) mass is 364 g/mol. The first-order valence-corrected chi connectivity index (χ1v) is 8.91. The maximum Gasteiger partial charge on any atom is 0.465 e. The summed E-state index contributed by atoms with van der Waals surface area (Å²) in [5.41, 5.74) is 0. The Labute approximate surface area is 126 Å². The average molecular weight is 364 g/mol. The van der Waals surface area contributed by atoms with Crippen LogP contribution in [0.2, 0.25) is 0 Å². The minimum absolute atomic E-state index is 0.124. The van der Waals surface area contributed by atoms with E-state index in [0.29, 0.717) is 6.42 Å². The number of fused-ring (bicyclic) bond motifs is 2. The summed E-state index contributed by atoms with van der Waals surface area (Å²) in [7, 11) is -7.47. The van der Waals surface area contributed by atoms with Crippen LogP contribution in [0.25, 0.3) is 0 Å². The second kappa shape index (κ2) is 5.65. The smallest absolute Gasteiger partial charge is 0.454 e. The third kappa shape index (κ3) is 2.72. The van der Waals surface area contributed by atoms with Crippen molar-refractivity contribution in [2.24, 2.45) is 11.8 Å². The van der Waals surface area contributed by atoms with E-state index in [1.54, 1.807) is 0 Å². The predicted molar refractivity (Wildman–Crippen MR) is 67.5 cm³/mol. The molecule has 2 saturated carbocycles. The van der Waals surface area contributed by atoms with Gasteiger partial charge in [0.05, 0.1) is 11.4 Å². The molecule has 0 saturated heterocycles. The van der Waals surface area contributed by atoms with Gasteiger partial charge in [-0.1, -0.05) is 0 Å². The molecule has 2 rings (SSSR count). The highest BCUT2D eigenvalue weighted by Gasteiger charge is 2.60. The molecule has 2 fully saturated rings. The molecule has 2 aliphatic carbocycles. The fourth-order valence-electron chi connectivity index (χ4n) is 3.23. The van der Waals surface area contributed by atoms with Gasteiger partial charge in [-0.2, -0.15) is 17.2 Å². The highest BCUT2D eigenvalue weighted by Crippen LogP contribution is 2.49. The summed E-state index contributed by atoms with van der Waals surface area (Å²) in [4.78, 5) is 11.3. The van der Waals surface area contributed by atoms with Crippen LogP contribution >= 0.6 is 0 Å². The Bertz CT molecular complexity index is 635. The summed E-state index contributed by atoms with van der Waals surface area (Å²) in [5.74, 6) is -3.43. The molecule has 0 aliphatic heterocycles. The normalized spacial score (nSPS) is 35.0. The Hall–Kier alpha value is -0.850. The Morgan fingerprint density at radius 2 is 1.86 bits per heavy atom. The summed E-state index contributed by atoms with van der Waals surface area (Å²) in [6.45, 7) is 0. The lowest BCUT2D eigenvalue weighted by Gasteiger charge is -2.32. The first-order chi connectivity index (χ1) is 10.0. The number of carbonyl (C=O) groups is 1. The van der Waals surface area contributed by atoms with Crippen LogP contribution < -0.4 is 0 Å². The lowest BCUT2D eigenvalue weighted by molar-refractivity contribution is -0.177. The highest BCUT2D eigenvalue weighted by molar-refractivity contribution is 7.87. The lowest BCUT2D eigenvalue weighted by Crippen LogP contribution is -2.47. The maximum absolute atomic E-state index is 13.2. The Morgan fingerprint density at radius 1 is 1.27 bits per heavy atom. The Balaban J connectivity index is 2.17. The van der Waals surface area contributed by atoms with Gasteiger partial charge in [0, 0.05) is 18.9 Å². The highest BCUT2D eigenvalue weighted by atomic mass is 32.2. The van der Waals surface area contributed by atoms with Crippen molar-refractivity contribution in [2.45, 2.75) is 35.6 Å². The second-order valence-electron chi connectivity index (χ2n) is 5.31. The molecule has 0 radical (unpaired) electrons. The number of methoxy groups -OCH3 is 1. The van der Waals surface area contributed by atoms with Crippen LogP contribution in [-0.4, -0.2) is 57.2 Å². The minimum atomic E-state index is -5.95. The molecule has 0 amide bonds. The molecule has 0 spiro atoms. The number of carbonyl (C=O) groups excluding carboxylic acids is 1. The number of rotatable bonds is 5. The minimum Gasteiger partial charge on any atom is -0.454 e. The molecule has 0 aromatic rings. The van der Waals surface area contributed by atoms with Crippen molar-refractivity contribution in [1.29, 1.82) is 0 Å². The van der Waals surface area contributed by atoms with E-state index in [4.69, 9.17) is 9.29 Å². The molecular formula is C10H14F2O8S2. The van der Waals surface area contributed by atoms with Crippen LogP contribution in [0.5, 0.6) is 0 Å². The van der Waals surface area contributed by atoms with E-state index in [1.807, 2.05) is 0 Å². The topological polar surface area (TPSA) is 124 Å². The molecule has 128 valence electrons. The summed E-state index contributed by atoms with van der Waals surface area (Å²) in [6.07, 6.45) is -1.67. The SMILES string of the molecule is COC1C2CC(CC2[SH](=O)=O)C1OC(=O)C(F)(F)S(=O)(=O)O. The molecule has 1 N–H and O–H groups in total. The molecule has 2 aliphatic rings. The molecule has 0 aromatic carbocycles. The molecule has 8 nitrogen and oxygen atoms in total. The zero-order valence-electron chi connectivity index (χ0n) is 11.2. The zero-order chi connectivity index (χ0) is 16.9. The molecule has 12 heteroatoms. The first-order valence-electron chi connectivity index (χ1n) is 6.23. The molecule has 5 unspecified atom stereocenters. The van der Waals surface area contributed by atoms with E-state index in [-0.39, 0.29) is 6.42 Å². The number of alkyl halides is 2. The van der Waals surface area contributed by atoms with Crippen molar-refractivity contribution in [1.82, 2.24) is 0 Å². The summed E-state index contributed by atoms with van der Waals surface area (Å²) in [5, 5.41) is -5.78. The largest absolute Gasteiger partial charge is 0.465 e.